The highest BCUT2D eigenvalue weighted by molar-refractivity contribution is 6.16. The van der Waals surface area contributed by atoms with Crippen molar-refractivity contribution in [2.45, 2.75) is 0 Å². The van der Waals surface area contributed by atoms with Gasteiger partial charge in [0.2, 0.25) is 11.9 Å². The van der Waals surface area contributed by atoms with Gasteiger partial charge in [0.15, 0.2) is 11.6 Å². The van der Waals surface area contributed by atoms with Crippen molar-refractivity contribution in [3.63, 3.8) is 0 Å². The zero-order chi connectivity index (χ0) is 28.3. The SMILES string of the molecule is c1ccc(-c2nc(-c3ccccc3)nc(-n3ccnc3-n3c4ccccc4c4cc5oc6ccccc6c5cc43)n2)cc1. The Hall–Kier alpha value is -6.08. The van der Waals surface area contributed by atoms with Crippen molar-refractivity contribution in [1.29, 1.82) is 0 Å². The van der Waals surface area contributed by atoms with E-state index in [9.17, 15) is 0 Å². The first kappa shape index (κ1) is 23.6. The summed E-state index contributed by atoms with van der Waals surface area (Å²) in [4.78, 5) is 19.6. The van der Waals surface area contributed by atoms with Crippen LogP contribution in [-0.4, -0.2) is 29.1 Å². The molecule has 0 radical (unpaired) electrons. The number of imidazole rings is 1. The van der Waals surface area contributed by atoms with Crippen LogP contribution in [-0.2, 0) is 0 Å². The summed E-state index contributed by atoms with van der Waals surface area (Å²) < 4.78 is 10.4. The minimum Gasteiger partial charge on any atom is -0.456 e. The summed E-state index contributed by atoms with van der Waals surface area (Å²) >= 11 is 0. The molecule has 9 aromatic rings. The van der Waals surface area contributed by atoms with Crippen LogP contribution in [0.5, 0.6) is 0 Å². The Balaban J connectivity index is 1.33. The van der Waals surface area contributed by atoms with E-state index in [1.54, 1.807) is 6.20 Å². The van der Waals surface area contributed by atoms with Gasteiger partial charge in [0, 0.05) is 45.1 Å². The van der Waals surface area contributed by atoms with E-state index in [4.69, 9.17) is 24.4 Å². The van der Waals surface area contributed by atoms with E-state index in [2.05, 4.69) is 47.0 Å². The molecule has 0 aliphatic rings. The van der Waals surface area contributed by atoms with Gasteiger partial charge in [-0.1, -0.05) is 97.1 Å². The smallest absolute Gasteiger partial charge is 0.240 e. The highest BCUT2D eigenvalue weighted by atomic mass is 16.3. The van der Waals surface area contributed by atoms with Crippen molar-refractivity contribution >= 4 is 43.7 Å². The Labute approximate surface area is 245 Å². The maximum absolute atomic E-state index is 6.26. The first-order valence-electron chi connectivity index (χ1n) is 14.1. The van der Waals surface area contributed by atoms with Crippen LogP contribution in [0.3, 0.4) is 0 Å². The molecule has 0 N–H and O–H groups in total. The van der Waals surface area contributed by atoms with E-state index < -0.39 is 0 Å². The Kier molecular flexibility index (Phi) is 5.06. The van der Waals surface area contributed by atoms with Gasteiger partial charge in [0.05, 0.1) is 11.0 Å². The quantitative estimate of drug-likeness (QED) is 0.218. The van der Waals surface area contributed by atoms with Gasteiger partial charge in [-0.3, -0.25) is 9.13 Å². The molecule has 0 saturated carbocycles. The monoisotopic (exact) mass is 554 g/mol. The number of para-hydroxylation sites is 2. The van der Waals surface area contributed by atoms with Crippen LogP contribution in [0.15, 0.2) is 138 Å². The predicted molar refractivity (Wildman–Crippen MR) is 169 cm³/mol. The van der Waals surface area contributed by atoms with Gasteiger partial charge in [-0.05, 0) is 24.3 Å². The first-order chi connectivity index (χ1) is 21.3. The standard InChI is InChI=1S/C36H22N6O/c1-3-11-23(12-4-1)33-38-34(24-13-5-2-6-14-24)40-35(39-33)41-20-19-37-36(41)42-29-17-9-7-15-25(29)27-22-32-28(21-30(27)42)26-16-8-10-18-31(26)43-32/h1-22H. The van der Waals surface area contributed by atoms with Gasteiger partial charge >= 0.3 is 0 Å². The molecular formula is C36H22N6O. The van der Waals surface area contributed by atoms with Crippen molar-refractivity contribution in [2.75, 3.05) is 0 Å². The zero-order valence-corrected chi connectivity index (χ0v) is 22.8. The molecule has 0 fully saturated rings. The molecule has 0 aliphatic carbocycles. The third-order valence-electron chi connectivity index (χ3n) is 7.90. The number of rotatable bonds is 4. The van der Waals surface area contributed by atoms with Crippen LogP contribution < -0.4 is 0 Å². The molecule has 0 bridgehead atoms. The Morgan fingerprint density at radius 2 is 1.16 bits per heavy atom. The van der Waals surface area contributed by atoms with Gasteiger partial charge in [-0.25, -0.2) is 9.97 Å². The average molecular weight is 555 g/mol. The van der Waals surface area contributed by atoms with Gasteiger partial charge in [0.1, 0.15) is 11.2 Å². The second-order valence-electron chi connectivity index (χ2n) is 10.4. The lowest BCUT2D eigenvalue weighted by molar-refractivity contribution is 0.669. The fraction of sp³-hybridized carbons (Fsp3) is 0. The molecule has 43 heavy (non-hydrogen) atoms. The highest BCUT2D eigenvalue weighted by Gasteiger charge is 2.21. The minimum absolute atomic E-state index is 0.487. The van der Waals surface area contributed by atoms with E-state index in [0.29, 0.717) is 23.5 Å². The maximum Gasteiger partial charge on any atom is 0.240 e. The lowest BCUT2D eigenvalue weighted by Crippen LogP contribution is -2.10. The summed E-state index contributed by atoms with van der Waals surface area (Å²) in [5.74, 6) is 2.36. The molecule has 9 rings (SSSR count). The van der Waals surface area contributed by atoms with E-state index in [0.717, 1.165) is 54.9 Å². The summed E-state index contributed by atoms with van der Waals surface area (Å²) in [6.45, 7) is 0. The van der Waals surface area contributed by atoms with E-state index >= 15 is 0 Å². The Bertz CT molecular complexity index is 2400. The van der Waals surface area contributed by atoms with Crippen LogP contribution in [0.2, 0.25) is 0 Å². The Morgan fingerprint density at radius 1 is 0.512 bits per heavy atom. The summed E-state index contributed by atoms with van der Waals surface area (Å²) in [7, 11) is 0. The zero-order valence-electron chi connectivity index (χ0n) is 22.8. The Morgan fingerprint density at radius 3 is 1.91 bits per heavy atom. The summed E-state index contributed by atoms with van der Waals surface area (Å²) in [5, 5.41) is 4.34. The van der Waals surface area contributed by atoms with Gasteiger partial charge in [0.25, 0.3) is 0 Å². The van der Waals surface area contributed by atoms with Gasteiger partial charge < -0.3 is 4.42 Å². The summed E-state index contributed by atoms with van der Waals surface area (Å²) in [6, 6.07) is 40.8. The molecule has 4 heterocycles. The molecule has 7 heteroatoms. The summed E-state index contributed by atoms with van der Waals surface area (Å²) in [6.07, 6.45) is 3.69. The molecular weight excluding hydrogens is 532 g/mol. The maximum atomic E-state index is 6.26. The van der Waals surface area contributed by atoms with Crippen molar-refractivity contribution in [2.24, 2.45) is 0 Å². The van der Waals surface area contributed by atoms with Crippen LogP contribution in [0, 0.1) is 0 Å². The molecule has 0 unspecified atom stereocenters. The number of hydrogen-bond acceptors (Lipinski definition) is 5. The molecule has 0 saturated heterocycles. The van der Waals surface area contributed by atoms with E-state index in [-0.39, 0.29) is 0 Å². The third kappa shape index (κ3) is 3.68. The molecule has 0 atom stereocenters. The molecule has 0 amide bonds. The molecule has 4 aromatic heterocycles. The third-order valence-corrected chi connectivity index (χ3v) is 7.90. The molecule has 5 aromatic carbocycles. The number of nitrogens with zero attached hydrogens (tertiary/aromatic N) is 6. The first-order valence-corrected chi connectivity index (χ1v) is 14.1. The van der Waals surface area contributed by atoms with E-state index in [1.807, 2.05) is 89.6 Å². The van der Waals surface area contributed by atoms with Gasteiger partial charge in [-0.2, -0.15) is 9.97 Å². The summed E-state index contributed by atoms with van der Waals surface area (Å²) in [5.41, 5.74) is 5.61. The van der Waals surface area contributed by atoms with Crippen molar-refractivity contribution in [3.05, 3.63) is 134 Å². The molecule has 7 nitrogen and oxygen atoms in total. The van der Waals surface area contributed by atoms with Crippen LogP contribution in [0.25, 0.3) is 78.4 Å². The second kappa shape index (κ2) is 9.22. The minimum atomic E-state index is 0.487. The van der Waals surface area contributed by atoms with Crippen molar-refractivity contribution in [1.82, 2.24) is 29.1 Å². The average Bonchev–Trinajstić information content (AvgIpc) is 3.78. The lowest BCUT2D eigenvalue weighted by Gasteiger charge is -2.12. The van der Waals surface area contributed by atoms with E-state index in [1.165, 1.54) is 0 Å². The number of fused-ring (bicyclic) bond motifs is 6. The van der Waals surface area contributed by atoms with Crippen LogP contribution in [0.4, 0.5) is 0 Å². The topological polar surface area (TPSA) is 74.6 Å². The largest absolute Gasteiger partial charge is 0.456 e. The molecule has 0 spiro atoms. The number of furan rings is 1. The van der Waals surface area contributed by atoms with Crippen LogP contribution >= 0.6 is 0 Å². The highest BCUT2D eigenvalue weighted by Crippen LogP contribution is 2.38. The van der Waals surface area contributed by atoms with Crippen molar-refractivity contribution < 1.29 is 4.42 Å². The lowest BCUT2D eigenvalue weighted by atomic mass is 10.1. The fourth-order valence-corrected chi connectivity index (χ4v) is 5.92. The van der Waals surface area contributed by atoms with Crippen molar-refractivity contribution in [3.8, 4) is 34.7 Å². The van der Waals surface area contributed by atoms with Gasteiger partial charge in [-0.15, -0.1) is 0 Å². The molecule has 0 aliphatic heterocycles. The number of hydrogen-bond donors (Lipinski definition) is 0. The molecule has 202 valence electrons. The fourth-order valence-electron chi connectivity index (χ4n) is 5.92. The second-order valence-corrected chi connectivity index (χ2v) is 10.4. The van der Waals surface area contributed by atoms with Crippen LogP contribution in [0.1, 0.15) is 0 Å². The normalized spacial score (nSPS) is 11.7. The predicted octanol–water partition coefficient (Wildman–Crippen LogP) is 8.39. The number of benzene rings is 5. The number of aromatic nitrogens is 6.